The minimum Gasteiger partial charge on any atom is -0.616 e. The number of ether oxygens (including phenoxy) is 1. The van der Waals surface area contributed by atoms with Crippen LogP contribution in [0.25, 0.3) is 0 Å². The number of carbonyl (C=O) groups is 2. The highest BCUT2D eigenvalue weighted by Gasteiger charge is 2.39. The summed E-state index contributed by atoms with van der Waals surface area (Å²) in [5.74, 6) is 0.317. The summed E-state index contributed by atoms with van der Waals surface area (Å²) in [6, 6.07) is 2.34. The third kappa shape index (κ3) is 4.96. The fraction of sp³-hybridized carbons (Fsp3) is 0.636. The maximum absolute atomic E-state index is 15.0. The number of hydrogen-bond donors (Lipinski definition) is 1. The monoisotopic (exact) mass is 469 g/mol. The van der Waals surface area contributed by atoms with E-state index < -0.39 is 35.0 Å². The van der Waals surface area contributed by atoms with Crippen LogP contribution in [0.15, 0.2) is 12.1 Å². The Kier molecular flexibility index (Phi) is 7.09. The van der Waals surface area contributed by atoms with Gasteiger partial charge in [-0.2, -0.15) is 0 Å². The number of carbonyl (C=O) groups excluding carboxylic acids is 2. The summed E-state index contributed by atoms with van der Waals surface area (Å²) in [5, 5.41) is 2.70. The maximum atomic E-state index is 15.0. The van der Waals surface area contributed by atoms with E-state index in [1.807, 2.05) is 6.92 Å². The minimum atomic E-state index is -0.787. The number of nitrogens with zero attached hydrogens (tertiary/aromatic N) is 2. The fourth-order valence-electron chi connectivity index (χ4n) is 4.83. The van der Waals surface area contributed by atoms with E-state index in [4.69, 9.17) is 4.74 Å². The Morgan fingerprint density at radius 2 is 1.81 bits per heavy atom. The fourth-order valence-corrected chi connectivity index (χ4v) is 6.17. The summed E-state index contributed by atoms with van der Waals surface area (Å²) in [4.78, 5) is 26.8. The van der Waals surface area contributed by atoms with Crippen LogP contribution in [-0.4, -0.2) is 60.3 Å². The number of anilines is 2. The van der Waals surface area contributed by atoms with Crippen LogP contribution in [0.3, 0.4) is 0 Å². The van der Waals surface area contributed by atoms with Crippen LogP contribution in [0.5, 0.6) is 0 Å². The van der Waals surface area contributed by atoms with Crippen LogP contribution in [-0.2, 0) is 20.7 Å². The van der Waals surface area contributed by atoms with Gasteiger partial charge in [-0.1, -0.05) is 18.1 Å². The molecule has 3 aliphatic rings. The molecule has 10 heteroatoms. The van der Waals surface area contributed by atoms with Crippen LogP contribution in [0, 0.1) is 23.5 Å². The SMILES string of the molecule is CCCC(=O)NC[C@H]1CN(c2cc(F)c(N3CC4CC[S+]([O-])CCC4C3)c(F)c2)C(=O)O1. The van der Waals surface area contributed by atoms with E-state index in [9.17, 15) is 14.1 Å². The standard InChI is InChI=1S/C22H29F2N3O4S/c1-2-3-20(28)25-10-17-13-27(22(29)31-17)16-8-18(23)21(19(24)9-16)26-11-14-4-6-32(30)7-5-15(14)12-26/h8-9,14-15,17H,2-7,10-13H2,1H3,(H,25,28)/t14?,15?,17-,32?/m0/s1. The summed E-state index contributed by atoms with van der Waals surface area (Å²) < 4.78 is 47.1. The van der Waals surface area contributed by atoms with E-state index >= 15 is 8.78 Å². The molecule has 1 aromatic rings. The van der Waals surface area contributed by atoms with E-state index in [2.05, 4.69) is 5.32 Å². The van der Waals surface area contributed by atoms with Gasteiger partial charge in [-0.05, 0) is 31.1 Å². The molecule has 176 valence electrons. The zero-order valence-electron chi connectivity index (χ0n) is 18.1. The summed E-state index contributed by atoms with van der Waals surface area (Å²) in [5.41, 5.74) is 0.0267. The van der Waals surface area contributed by atoms with Crippen LogP contribution in [0.4, 0.5) is 25.0 Å². The van der Waals surface area contributed by atoms with Crippen molar-refractivity contribution in [3.05, 3.63) is 23.8 Å². The molecule has 3 heterocycles. The lowest BCUT2D eigenvalue weighted by Gasteiger charge is -2.22. The molecule has 2 unspecified atom stereocenters. The Labute approximate surface area is 189 Å². The summed E-state index contributed by atoms with van der Waals surface area (Å²) in [6.07, 6.45) is 1.45. The lowest BCUT2D eigenvalue weighted by molar-refractivity contribution is -0.121. The van der Waals surface area contributed by atoms with Gasteiger partial charge in [0.1, 0.15) is 23.3 Å². The maximum Gasteiger partial charge on any atom is 0.414 e. The first-order valence-corrected chi connectivity index (χ1v) is 12.7. The normalized spacial score (nSPS) is 27.8. The largest absolute Gasteiger partial charge is 0.616 e. The summed E-state index contributed by atoms with van der Waals surface area (Å²) in [6.45, 7) is 3.24. The van der Waals surface area contributed by atoms with Crippen LogP contribution < -0.4 is 15.1 Å². The van der Waals surface area contributed by atoms with Gasteiger partial charge in [0.2, 0.25) is 5.91 Å². The van der Waals surface area contributed by atoms with E-state index in [0.29, 0.717) is 37.4 Å². The molecular weight excluding hydrogens is 440 g/mol. The Bertz CT molecular complexity index is 835. The van der Waals surface area contributed by atoms with Gasteiger partial charge >= 0.3 is 6.09 Å². The van der Waals surface area contributed by atoms with Crippen molar-refractivity contribution in [3.63, 3.8) is 0 Å². The summed E-state index contributed by atoms with van der Waals surface area (Å²) >= 11 is -0.787. The number of nitrogens with one attached hydrogen (secondary N) is 1. The quantitative estimate of drug-likeness (QED) is 0.648. The Hall–Kier alpha value is -2.07. The Morgan fingerprint density at radius 3 is 2.41 bits per heavy atom. The van der Waals surface area contributed by atoms with E-state index in [1.165, 1.54) is 17.0 Å². The molecular formula is C22H29F2N3O4S. The lowest BCUT2D eigenvalue weighted by Crippen LogP contribution is -2.34. The second kappa shape index (κ2) is 9.82. The van der Waals surface area contributed by atoms with E-state index in [0.717, 1.165) is 12.8 Å². The molecule has 3 fully saturated rings. The number of hydrogen-bond acceptors (Lipinski definition) is 5. The molecule has 0 radical (unpaired) electrons. The predicted molar refractivity (Wildman–Crippen MR) is 118 cm³/mol. The van der Waals surface area contributed by atoms with Crippen LogP contribution in [0.2, 0.25) is 0 Å². The van der Waals surface area contributed by atoms with Crippen molar-refractivity contribution >= 4 is 34.6 Å². The molecule has 0 aromatic heterocycles. The third-order valence-corrected chi connectivity index (χ3v) is 7.90. The topological polar surface area (TPSA) is 84.9 Å². The number of cyclic esters (lactones) is 1. The second-order valence-electron chi connectivity index (χ2n) is 8.78. The number of amides is 2. The number of rotatable bonds is 6. The molecule has 4 rings (SSSR count). The van der Waals surface area contributed by atoms with Gasteiger partial charge in [0.05, 0.1) is 18.8 Å². The zero-order chi connectivity index (χ0) is 22.8. The van der Waals surface area contributed by atoms with Gasteiger partial charge in [0, 0.05) is 31.6 Å². The van der Waals surface area contributed by atoms with E-state index in [1.54, 1.807) is 4.90 Å². The molecule has 0 spiro atoms. The van der Waals surface area contributed by atoms with Crippen molar-refractivity contribution in [1.82, 2.24) is 5.32 Å². The van der Waals surface area contributed by atoms with Crippen molar-refractivity contribution in [2.45, 2.75) is 38.7 Å². The highest BCUT2D eigenvalue weighted by atomic mass is 32.2. The Balaban J connectivity index is 1.43. The average Bonchev–Trinajstić information content (AvgIpc) is 3.27. The predicted octanol–water partition coefficient (Wildman–Crippen LogP) is 2.80. The smallest absolute Gasteiger partial charge is 0.414 e. The molecule has 1 aromatic carbocycles. The van der Waals surface area contributed by atoms with Gasteiger partial charge < -0.3 is 19.5 Å². The number of halogens is 2. The van der Waals surface area contributed by atoms with Gasteiger partial charge in [-0.25, -0.2) is 13.6 Å². The van der Waals surface area contributed by atoms with Crippen molar-refractivity contribution in [3.8, 4) is 0 Å². The number of fused-ring (bicyclic) bond motifs is 1. The first-order valence-electron chi connectivity index (χ1n) is 11.2. The van der Waals surface area contributed by atoms with Gasteiger partial charge in [0.25, 0.3) is 0 Å². The molecule has 2 amide bonds. The molecule has 7 nitrogen and oxygen atoms in total. The molecule has 32 heavy (non-hydrogen) atoms. The lowest BCUT2D eigenvalue weighted by atomic mass is 9.92. The average molecular weight is 470 g/mol. The van der Waals surface area contributed by atoms with Crippen LogP contribution >= 0.6 is 0 Å². The van der Waals surface area contributed by atoms with Crippen molar-refractivity contribution in [1.29, 1.82) is 0 Å². The van der Waals surface area contributed by atoms with E-state index in [-0.39, 0.29) is 42.2 Å². The molecule has 0 aliphatic carbocycles. The third-order valence-electron chi connectivity index (χ3n) is 6.52. The van der Waals surface area contributed by atoms with Crippen LogP contribution in [0.1, 0.15) is 32.6 Å². The summed E-state index contributed by atoms with van der Waals surface area (Å²) in [7, 11) is 0. The van der Waals surface area contributed by atoms with Gasteiger partial charge in [-0.15, -0.1) is 0 Å². The molecule has 1 N–H and O–H groups in total. The molecule has 0 bridgehead atoms. The Morgan fingerprint density at radius 1 is 1.19 bits per heavy atom. The molecule has 3 atom stereocenters. The highest BCUT2D eigenvalue weighted by molar-refractivity contribution is 7.91. The minimum absolute atomic E-state index is 0.0705. The first-order chi connectivity index (χ1) is 15.4. The molecule has 0 saturated carbocycles. The molecule has 3 saturated heterocycles. The highest BCUT2D eigenvalue weighted by Crippen LogP contribution is 2.38. The van der Waals surface area contributed by atoms with Crippen molar-refractivity contribution < 1.29 is 27.7 Å². The first kappa shape index (κ1) is 23.1. The van der Waals surface area contributed by atoms with Gasteiger partial charge in [-0.3, -0.25) is 9.69 Å². The van der Waals surface area contributed by atoms with Crippen molar-refractivity contribution in [2.24, 2.45) is 11.8 Å². The second-order valence-corrected chi connectivity index (χ2v) is 10.5. The van der Waals surface area contributed by atoms with Gasteiger partial charge in [0.15, 0.2) is 11.6 Å². The molecule has 3 aliphatic heterocycles. The zero-order valence-corrected chi connectivity index (χ0v) is 19.0. The number of benzene rings is 1. The van der Waals surface area contributed by atoms with Crippen molar-refractivity contribution in [2.75, 3.05) is 47.5 Å².